The molecule has 0 saturated heterocycles. The van der Waals surface area contributed by atoms with Crippen molar-refractivity contribution < 1.29 is 5.11 Å². The minimum Gasteiger partial charge on any atom is -0.399 e. The second kappa shape index (κ2) is 4.81. The third kappa shape index (κ3) is 2.19. The van der Waals surface area contributed by atoms with Gasteiger partial charge in [-0.25, -0.2) is 0 Å². The number of nitrogens with one attached hydrogen (secondary N) is 1. The van der Waals surface area contributed by atoms with Crippen LogP contribution in [0.4, 0.5) is 11.4 Å². The standard InChI is InChI=1S/C15H22N2O/c16-12-6-7-13-11(8-12)9-14(18)15(17-13)10-4-2-1-3-5-10/h6-8,10,14-15,17-18H,1-5,9,16H2. The van der Waals surface area contributed by atoms with Crippen molar-refractivity contribution in [1.29, 1.82) is 0 Å². The Morgan fingerprint density at radius 2 is 1.94 bits per heavy atom. The van der Waals surface area contributed by atoms with E-state index in [1.165, 1.54) is 32.1 Å². The average molecular weight is 246 g/mol. The minimum absolute atomic E-state index is 0.224. The second-order valence-corrected chi connectivity index (χ2v) is 5.76. The Balaban J connectivity index is 1.80. The van der Waals surface area contributed by atoms with Crippen LogP contribution in [-0.2, 0) is 6.42 Å². The number of fused-ring (bicyclic) bond motifs is 1. The van der Waals surface area contributed by atoms with Gasteiger partial charge in [0.2, 0.25) is 0 Å². The molecule has 3 heteroatoms. The molecule has 1 heterocycles. The fourth-order valence-electron chi connectivity index (χ4n) is 3.48. The third-order valence-electron chi connectivity index (χ3n) is 4.45. The van der Waals surface area contributed by atoms with Crippen LogP contribution in [-0.4, -0.2) is 17.3 Å². The number of anilines is 2. The Labute approximate surface area is 108 Å². The van der Waals surface area contributed by atoms with Crippen molar-refractivity contribution in [2.45, 2.75) is 50.7 Å². The molecule has 3 rings (SSSR count). The Morgan fingerprint density at radius 3 is 2.72 bits per heavy atom. The number of aliphatic hydroxyl groups excluding tert-OH is 1. The van der Waals surface area contributed by atoms with Crippen LogP contribution < -0.4 is 11.1 Å². The summed E-state index contributed by atoms with van der Waals surface area (Å²) in [5, 5.41) is 13.9. The maximum absolute atomic E-state index is 10.4. The molecule has 3 nitrogen and oxygen atoms in total. The first kappa shape index (κ1) is 11.8. The molecule has 1 fully saturated rings. The second-order valence-electron chi connectivity index (χ2n) is 5.76. The van der Waals surface area contributed by atoms with E-state index in [9.17, 15) is 5.11 Å². The molecule has 0 aromatic heterocycles. The van der Waals surface area contributed by atoms with Gasteiger partial charge in [-0.15, -0.1) is 0 Å². The summed E-state index contributed by atoms with van der Waals surface area (Å²) >= 11 is 0. The predicted octanol–water partition coefficient (Wildman–Crippen LogP) is 2.55. The maximum atomic E-state index is 10.4. The zero-order valence-electron chi connectivity index (χ0n) is 10.7. The van der Waals surface area contributed by atoms with E-state index in [1.807, 2.05) is 18.2 Å². The van der Waals surface area contributed by atoms with Gasteiger partial charge in [-0.1, -0.05) is 19.3 Å². The zero-order chi connectivity index (χ0) is 12.5. The molecule has 0 bridgehead atoms. The van der Waals surface area contributed by atoms with E-state index in [1.54, 1.807) is 0 Å². The molecule has 1 aliphatic heterocycles. The maximum Gasteiger partial charge on any atom is 0.0784 e. The first-order valence-corrected chi connectivity index (χ1v) is 7.07. The summed E-state index contributed by atoms with van der Waals surface area (Å²) in [5.41, 5.74) is 8.88. The Morgan fingerprint density at radius 1 is 1.17 bits per heavy atom. The molecule has 98 valence electrons. The van der Waals surface area contributed by atoms with Crippen molar-refractivity contribution in [3.05, 3.63) is 23.8 Å². The molecule has 0 spiro atoms. The normalized spacial score (nSPS) is 28.5. The summed E-state index contributed by atoms with van der Waals surface area (Å²) in [4.78, 5) is 0. The molecule has 2 atom stereocenters. The van der Waals surface area contributed by atoms with E-state index in [2.05, 4.69) is 5.32 Å². The zero-order valence-corrected chi connectivity index (χ0v) is 10.7. The highest BCUT2D eigenvalue weighted by Gasteiger charge is 2.33. The molecular weight excluding hydrogens is 224 g/mol. The summed E-state index contributed by atoms with van der Waals surface area (Å²) < 4.78 is 0. The Hall–Kier alpha value is -1.22. The first-order valence-electron chi connectivity index (χ1n) is 7.07. The van der Waals surface area contributed by atoms with E-state index < -0.39 is 0 Å². The number of nitrogen functional groups attached to an aromatic ring is 1. The molecule has 2 unspecified atom stereocenters. The molecular formula is C15H22N2O. The number of aliphatic hydroxyl groups is 1. The molecule has 1 saturated carbocycles. The number of rotatable bonds is 1. The summed E-state index contributed by atoms with van der Waals surface area (Å²) in [7, 11) is 0. The Bertz CT molecular complexity index is 427. The van der Waals surface area contributed by atoms with Crippen LogP contribution in [0.1, 0.15) is 37.7 Å². The summed E-state index contributed by atoms with van der Waals surface area (Å²) in [6, 6.07) is 6.18. The molecule has 1 aromatic rings. The third-order valence-corrected chi connectivity index (χ3v) is 4.45. The smallest absolute Gasteiger partial charge is 0.0784 e. The highest BCUT2D eigenvalue weighted by Crippen LogP contribution is 2.35. The SMILES string of the molecule is Nc1ccc2c(c1)CC(O)C(C1CCCCC1)N2. The van der Waals surface area contributed by atoms with Gasteiger partial charge in [-0.05, 0) is 42.5 Å². The van der Waals surface area contributed by atoms with Crippen LogP contribution in [0.3, 0.4) is 0 Å². The van der Waals surface area contributed by atoms with Crippen LogP contribution >= 0.6 is 0 Å². The van der Waals surface area contributed by atoms with Gasteiger partial charge >= 0.3 is 0 Å². The van der Waals surface area contributed by atoms with Crippen molar-refractivity contribution in [3.8, 4) is 0 Å². The van der Waals surface area contributed by atoms with Gasteiger partial charge < -0.3 is 16.2 Å². The number of nitrogens with two attached hydrogens (primary N) is 1. The molecule has 1 aromatic carbocycles. The van der Waals surface area contributed by atoms with Crippen molar-refractivity contribution in [1.82, 2.24) is 0 Å². The Kier molecular flexibility index (Phi) is 3.16. The lowest BCUT2D eigenvalue weighted by molar-refractivity contribution is 0.109. The van der Waals surface area contributed by atoms with Crippen molar-refractivity contribution in [3.63, 3.8) is 0 Å². The molecule has 18 heavy (non-hydrogen) atoms. The minimum atomic E-state index is -0.276. The van der Waals surface area contributed by atoms with Crippen LogP contribution in [0.15, 0.2) is 18.2 Å². The van der Waals surface area contributed by atoms with E-state index in [0.717, 1.165) is 23.4 Å². The van der Waals surface area contributed by atoms with Crippen molar-refractivity contribution in [2.75, 3.05) is 11.1 Å². The van der Waals surface area contributed by atoms with Gasteiger partial charge in [0.05, 0.1) is 12.1 Å². The summed E-state index contributed by atoms with van der Waals surface area (Å²) in [5.74, 6) is 0.624. The highest BCUT2D eigenvalue weighted by atomic mass is 16.3. The fourth-order valence-corrected chi connectivity index (χ4v) is 3.48. The van der Waals surface area contributed by atoms with Crippen LogP contribution in [0.2, 0.25) is 0 Å². The van der Waals surface area contributed by atoms with Gasteiger partial charge in [-0.3, -0.25) is 0 Å². The van der Waals surface area contributed by atoms with E-state index in [-0.39, 0.29) is 12.1 Å². The average Bonchev–Trinajstić information content (AvgIpc) is 2.39. The van der Waals surface area contributed by atoms with Crippen LogP contribution in [0, 0.1) is 5.92 Å². The van der Waals surface area contributed by atoms with E-state index in [4.69, 9.17) is 5.73 Å². The molecule has 0 radical (unpaired) electrons. The molecule has 0 amide bonds. The highest BCUT2D eigenvalue weighted by molar-refractivity contribution is 5.60. The van der Waals surface area contributed by atoms with E-state index in [0.29, 0.717) is 5.92 Å². The largest absolute Gasteiger partial charge is 0.399 e. The number of benzene rings is 1. The van der Waals surface area contributed by atoms with Crippen LogP contribution in [0.5, 0.6) is 0 Å². The van der Waals surface area contributed by atoms with Gasteiger partial charge in [0, 0.05) is 17.8 Å². The van der Waals surface area contributed by atoms with Gasteiger partial charge in [-0.2, -0.15) is 0 Å². The monoisotopic (exact) mass is 246 g/mol. The van der Waals surface area contributed by atoms with Crippen molar-refractivity contribution in [2.24, 2.45) is 5.92 Å². The quantitative estimate of drug-likeness (QED) is 0.667. The first-order chi connectivity index (χ1) is 8.74. The lowest BCUT2D eigenvalue weighted by atomic mass is 9.79. The van der Waals surface area contributed by atoms with Gasteiger partial charge in [0.25, 0.3) is 0 Å². The summed E-state index contributed by atoms with van der Waals surface area (Å²) in [6.07, 6.45) is 6.93. The molecule has 2 aliphatic rings. The van der Waals surface area contributed by atoms with E-state index >= 15 is 0 Å². The molecule has 1 aliphatic carbocycles. The van der Waals surface area contributed by atoms with Gasteiger partial charge in [0.1, 0.15) is 0 Å². The topological polar surface area (TPSA) is 58.3 Å². The van der Waals surface area contributed by atoms with Crippen LogP contribution in [0.25, 0.3) is 0 Å². The lowest BCUT2D eigenvalue weighted by Crippen LogP contribution is -2.45. The number of hydrogen-bond acceptors (Lipinski definition) is 3. The summed E-state index contributed by atoms with van der Waals surface area (Å²) in [6.45, 7) is 0. The lowest BCUT2D eigenvalue weighted by Gasteiger charge is -2.38. The number of hydrogen-bond donors (Lipinski definition) is 3. The molecule has 4 N–H and O–H groups in total. The fraction of sp³-hybridized carbons (Fsp3) is 0.600. The predicted molar refractivity (Wildman–Crippen MR) is 74.6 cm³/mol. The van der Waals surface area contributed by atoms with Crippen molar-refractivity contribution >= 4 is 11.4 Å². The van der Waals surface area contributed by atoms with Gasteiger partial charge in [0.15, 0.2) is 0 Å².